The second kappa shape index (κ2) is 25.4. The van der Waals surface area contributed by atoms with E-state index in [-0.39, 0.29) is 91.9 Å². The minimum atomic E-state index is -5.95. The molecule has 1 fully saturated rings. The number of nitrogens with one attached hydrogen (secondary N) is 3. The number of imidazole rings is 1. The lowest BCUT2D eigenvalue weighted by atomic mass is 9.83. The molecule has 0 saturated carbocycles. The molecule has 2 aromatic heterocycles. The van der Waals surface area contributed by atoms with Crippen LogP contribution in [0.4, 0.5) is 16.4 Å². The highest BCUT2D eigenvalue weighted by atomic mass is 35.5. The van der Waals surface area contributed by atoms with Gasteiger partial charge in [0, 0.05) is 98.3 Å². The van der Waals surface area contributed by atoms with Gasteiger partial charge in [-0.1, -0.05) is 52.5 Å². The number of aliphatic hydroxyl groups is 1. The molecule has 9 rings (SSSR count). The zero-order valence-electron chi connectivity index (χ0n) is 49.2. The van der Waals surface area contributed by atoms with Crippen molar-refractivity contribution in [3.63, 3.8) is 0 Å². The van der Waals surface area contributed by atoms with Crippen molar-refractivity contribution in [3.8, 4) is 11.5 Å². The van der Waals surface area contributed by atoms with E-state index in [9.17, 15) is 43.0 Å². The molecule has 4 aliphatic rings. The van der Waals surface area contributed by atoms with Crippen LogP contribution in [0.2, 0.25) is 20.1 Å². The third-order valence-electron chi connectivity index (χ3n) is 15.3. The lowest BCUT2D eigenvalue weighted by Crippen LogP contribution is -2.49. The molecule has 480 valence electrons. The summed E-state index contributed by atoms with van der Waals surface area (Å²) in [5, 5.41) is 17.6. The number of amides is 3. The van der Waals surface area contributed by atoms with Crippen LogP contribution in [0.25, 0.3) is 27.9 Å². The number of carbonyl (C=O) groups is 3. The number of phosphoric ester groups is 1. The van der Waals surface area contributed by atoms with Crippen LogP contribution < -0.4 is 46.7 Å². The summed E-state index contributed by atoms with van der Waals surface area (Å²) in [7, 11) is -15.9. The Kier molecular flexibility index (Phi) is 19.3. The number of carbonyl (C=O) groups excluding carboxylic acids is 3. The number of fused-ring (bicyclic) bond motifs is 5. The number of phosphoric acid groups is 3. The van der Waals surface area contributed by atoms with E-state index in [1.165, 1.54) is 11.9 Å². The van der Waals surface area contributed by atoms with Crippen molar-refractivity contribution in [3.05, 3.63) is 112 Å². The van der Waals surface area contributed by atoms with Crippen molar-refractivity contribution in [2.45, 2.75) is 104 Å². The van der Waals surface area contributed by atoms with Crippen LogP contribution in [-0.4, -0.2) is 143 Å². The third kappa shape index (κ3) is 13.8. The van der Waals surface area contributed by atoms with Crippen LogP contribution in [0.1, 0.15) is 107 Å². The van der Waals surface area contributed by atoms with Crippen molar-refractivity contribution in [2.24, 2.45) is 0 Å². The van der Waals surface area contributed by atoms with Gasteiger partial charge in [-0.3, -0.25) is 28.5 Å². The summed E-state index contributed by atoms with van der Waals surface area (Å²) in [6, 6.07) is 8.12. The number of allylic oxidation sites excluding steroid dienone is 2. The zero-order chi connectivity index (χ0) is 65.4. The maximum Gasteiger partial charge on any atom is 0.490 e. The number of H-pyrrole nitrogens is 1. The van der Waals surface area contributed by atoms with Crippen molar-refractivity contribution in [1.82, 2.24) is 39.6 Å². The minimum absolute atomic E-state index is 0.0151. The zero-order valence-corrected chi connectivity index (χ0v) is 54.9. The van der Waals surface area contributed by atoms with E-state index in [0.717, 1.165) is 44.2 Å². The Labute approximate surface area is 528 Å². The number of halogens is 4. The first-order valence-corrected chi connectivity index (χ1v) is 33.6. The molecule has 6 heterocycles. The second-order valence-corrected chi connectivity index (χ2v) is 28.3. The van der Waals surface area contributed by atoms with E-state index in [4.69, 9.17) is 80.7 Å². The van der Waals surface area contributed by atoms with Gasteiger partial charge >= 0.3 is 29.6 Å². The summed E-state index contributed by atoms with van der Waals surface area (Å²) in [5.41, 5.74) is 9.99. The largest absolute Gasteiger partial charge is 0.490 e. The molecule has 35 heteroatoms. The molecule has 5 aromatic rings. The summed E-state index contributed by atoms with van der Waals surface area (Å²) in [6.45, 7) is 16.6. The predicted molar refractivity (Wildman–Crippen MR) is 330 cm³/mol. The molecule has 2 unspecified atom stereocenters. The number of benzene rings is 3. The minimum Gasteiger partial charge on any atom is -0.456 e. The first-order valence-electron chi connectivity index (χ1n) is 27.5. The molecule has 1 saturated heterocycles. The molecule has 0 spiro atoms. The maximum absolute atomic E-state index is 15.1. The smallest absolute Gasteiger partial charge is 0.456 e. The SMILES string of the molecule is CCN1c2cc3c(cc2C(C)=CC1(C)C)C(c1c(Cl)c(Cl)c(Cl)c(Cl)c1C(=O)N(C)CCCC(=O)NCCNC(=O)O[C@H]1[C@@H](O)[C@H](n2cnc4c(=O)[nH]c(N)nc42)O[C@@H]1COP(=O)(O)OP(=O)(O)OP(=O)(O)O)=c1cc2c(cc1O3)=[N+](CC)C(C)(C)C=C2C. The van der Waals surface area contributed by atoms with Crippen molar-refractivity contribution in [2.75, 3.05) is 57.0 Å². The van der Waals surface area contributed by atoms with Crippen LogP contribution in [0.5, 0.6) is 11.5 Å². The van der Waals surface area contributed by atoms with Gasteiger partial charge < -0.3 is 65.1 Å². The highest BCUT2D eigenvalue weighted by Crippen LogP contribution is 2.66. The number of ether oxygens (including phenoxy) is 3. The van der Waals surface area contributed by atoms with Gasteiger partial charge in [0.05, 0.1) is 50.2 Å². The number of nitrogens with zero attached hydrogens (tertiary/aromatic N) is 6. The summed E-state index contributed by atoms with van der Waals surface area (Å²) in [4.78, 5) is 105. The number of nitrogen functional groups attached to an aromatic ring is 1. The fourth-order valence-electron chi connectivity index (χ4n) is 11.7. The molecule has 3 amide bonds. The molecule has 28 nitrogen and oxygen atoms in total. The molecule has 6 atom stereocenters. The van der Waals surface area contributed by atoms with Crippen molar-refractivity contribution in [1.29, 1.82) is 0 Å². The first kappa shape index (κ1) is 67.6. The van der Waals surface area contributed by atoms with Gasteiger partial charge in [-0.15, -0.1) is 0 Å². The van der Waals surface area contributed by atoms with Gasteiger partial charge in [0.15, 0.2) is 29.0 Å². The van der Waals surface area contributed by atoms with E-state index in [0.29, 0.717) is 40.9 Å². The van der Waals surface area contributed by atoms with Crippen LogP contribution in [0, 0.1) is 0 Å². The molecule has 0 radical (unpaired) electrons. The second-order valence-electron chi connectivity index (χ2n) is 22.4. The summed E-state index contributed by atoms with van der Waals surface area (Å²) >= 11 is 28.3. The molecular weight excluding hydrogens is 1310 g/mol. The number of alkyl carbamates (subject to hydrolysis) is 1. The van der Waals surface area contributed by atoms with Crippen LogP contribution in [0.3, 0.4) is 0 Å². The Morgan fingerprint density at radius 1 is 0.888 bits per heavy atom. The van der Waals surface area contributed by atoms with Crippen molar-refractivity contribution >= 4 is 127 Å². The van der Waals surface area contributed by atoms with E-state index in [1.807, 2.05) is 24.3 Å². The number of likely N-dealkylation sites (N-methyl/N-ethyl adjacent to an activating group) is 2. The number of rotatable bonds is 20. The first-order chi connectivity index (χ1) is 41.5. The molecule has 89 heavy (non-hydrogen) atoms. The normalized spacial score (nSPS) is 20.4. The van der Waals surface area contributed by atoms with Gasteiger partial charge in [-0.05, 0) is 77.3 Å². The monoisotopic (exact) mass is 1370 g/mol. The fourth-order valence-corrected chi connectivity index (χ4v) is 15.8. The van der Waals surface area contributed by atoms with Crippen molar-refractivity contribution < 1.29 is 80.1 Å². The number of nitrogens with two attached hydrogens (primary N) is 1. The van der Waals surface area contributed by atoms with E-state index in [1.54, 1.807) is 0 Å². The number of aromatic nitrogens is 4. The fraction of sp³-hybridized carbons (Fsp3) is 0.426. The molecule has 10 N–H and O–H groups in total. The van der Waals surface area contributed by atoms with Crippen LogP contribution in [0.15, 0.2) is 47.5 Å². The number of aromatic amines is 1. The lowest BCUT2D eigenvalue weighted by molar-refractivity contribution is -0.121. The van der Waals surface area contributed by atoms with Gasteiger partial charge in [-0.25, -0.2) is 28.0 Å². The van der Waals surface area contributed by atoms with Gasteiger partial charge in [0.25, 0.3) is 11.5 Å². The summed E-state index contributed by atoms with van der Waals surface area (Å²) in [6.07, 6.45) is -2.94. The van der Waals surface area contributed by atoms with E-state index >= 15 is 4.79 Å². The van der Waals surface area contributed by atoms with E-state index in [2.05, 4.69) is 111 Å². The average molecular weight is 1380 g/mol. The number of anilines is 2. The quantitative estimate of drug-likeness (QED) is 0.0125. The average Bonchev–Trinajstić information content (AvgIpc) is 1.35. The van der Waals surface area contributed by atoms with Crippen LogP contribution >= 0.6 is 69.9 Å². The maximum atomic E-state index is 15.1. The van der Waals surface area contributed by atoms with Crippen LogP contribution in [-0.2, 0) is 41.1 Å². The molecule has 0 bridgehead atoms. The Morgan fingerprint density at radius 3 is 2.24 bits per heavy atom. The highest BCUT2D eigenvalue weighted by Gasteiger charge is 2.50. The summed E-state index contributed by atoms with van der Waals surface area (Å²) in [5.74, 6) is -0.436. The Hall–Kier alpha value is -5.74. The molecule has 4 aliphatic heterocycles. The predicted octanol–water partition coefficient (Wildman–Crippen LogP) is 6.76. The highest BCUT2D eigenvalue weighted by molar-refractivity contribution is 7.66. The van der Waals surface area contributed by atoms with Gasteiger partial charge in [-0.2, -0.15) is 13.6 Å². The Balaban J connectivity index is 0.910. The van der Waals surface area contributed by atoms with Gasteiger partial charge in [0.1, 0.15) is 30.3 Å². The number of hydrogen-bond acceptors (Lipinski definition) is 18. The topological polar surface area (TPSA) is 382 Å². The summed E-state index contributed by atoms with van der Waals surface area (Å²) < 4.78 is 69.4. The molecule has 3 aromatic carbocycles. The Bertz CT molecular complexity index is 4190. The number of aliphatic hydroxyl groups excluding tert-OH is 1. The standard InChI is InChI=1S/C54H63Cl4N10O18P3/c1-10-67-31-19-33-29(17-27(31)25(3)21-53(67,5)6)37(30-18-28-26(4)22-54(7,8)68(11-2)32(28)20-34(30)82-33)38-39(41(56)43(58)42(57)40(38)55)49(72)65(9)16-12-13-36(69)60-14-15-61-52(73)84-46-35(23-81-88(77,78)86-89(79,80)85-87(74,75)76)83-50(45(46)70)66-24-62-44-47(66)63-51(59)64-48(44)71/h17-22,24,35,45-46,50,70H,10-16,23H2,1-9H3,(H8-,59,60,61,63,64,69,71,73,74,75,76,77,78,79,80)/p+1/t35-,45-,46-,50-/m1/s1. The molecular formula is C54H64Cl4N10O18P3+. The van der Waals surface area contributed by atoms with E-state index < -0.39 is 78.1 Å². The lowest BCUT2D eigenvalue weighted by Gasteiger charge is -2.43. The molecule has 0 aliphatic carbocycles. The van der Waals surface area contributed by atoms with Gasteiger partial charge in [0.2, 0.25) is 17.2 Å². The third-order valence-corrected chi connectivity index (χ3v) is 20.9. The Morgan fingerprint density at radius 2 is 1.56 bits per heavy atom. The number of hydrogen-bond donors (Lipinski definition) is 9.